The molecule has 2 aromatic heterocycles. The minimum Gasteiger partial charge on any atom is -0.377 e. The minimum absolute atomic E-state index is 0.926. The van der Waals surface area contributed by atoms with Gasteiger partial charge in [0.25, 0.3) is 0 Å². The van der Waals surface area contributed by atoms with Crippen LogP contribution in [-0.2, 0) is 0 Å². The van der Waals surface area contributed by atoms with Crippen molar-refractivity contribution in [3.05, 3.63) is 42.9 Å². The van der Waals surface area contributed by atoms with E-state index in [4.69, 9.17) is 4.98 Å². The Morgan fingerprint density at radius 1 is 1.00 bits per heavy atom. The maximum absolute atomic E-state index is 4.81. The van der Waals surface area contributed by atoms with E-state index >= 15 is 0 Å². The van der Waals surface area contributed by atoms with E-state index in [-0.39, 0.29) is 0 Å². The first kappa shape index (κ1) is 15.9. The Morgan fingerprint density at radius 3 is 2.52 bits per heavy atom. The number of hydrogen-bond donors (Lipinski definition) is 0. The van der Waals surface area contributed by atoms with Crippen LogP contribution in [0.3, 0.4) is 0 Å². The van der Waals surface area contributed by atoms with Crippen LogP contribution in [-0.4, -0.2) is 66.6 Å². The van der Waals surface area contributed by atoms with Gasteiger partial charge in [-0.3, -0.25) is 4.40 Å². The van der Waals surface area contributed by atoms with Gasteiger partial charge in [0.2, 0.25) is 0 Å². The molecule has 1 aliphatic rings. The summed E-state index contributed by atoms with van der Waals surface area (Å²) in [6, 6.07) is 8.41. The van der Waals surface area contributed by atoms with Gasteiger partial charge < -0.3 is 14.7 Å². The quantitative estimate of drug-likeness (QED) is 0.733. The van der Waals surface area contributed by atoms with E-state index in [0.29, 0.717) is 0 Å². The topological polar surface area (TPSA) is 39.9 Å². The van der Waals surface area contributed by atoms with Gasteiger partial charge in [0.1, 0.15) is 0 Å². The average molecular weight is 336 g/mol. The molecule has 6 heteroatoms. The number of likely N-dealkylation sites (N-methyl/N-ethyl adjacent to an activating group) is 1. The highest BCUT2D eigenvalue weighted by Crippen LogP contribution is 2.31. The third-order valence-corrected chi connectivity index (χ3v) is 4.87. The van der Waals surface area contributed by atoms with E-state index < -0.39 is 0 Å². The summed E-state index contributed by atoms with van der Waals surface area (Å²) in [5.41, 5.74) is 4.32. The Balaban J connectivity index is 1.81. The van der Waals surface area contributed by atoms with Gasteiger partial charge in [-0.15, -0.1) is 0 Å². The summed E-state index contributed by atoms with van der Waals surface area (Å²) < 4.78 is 2.16. The second-order valence-electron chi connectivity index (χ2n) is 6.79. The summed E-state index contributed by atoms with van der Waals surface area (Å²) in [7, 11) is 6.29. The Kier molecular flexibility index (Phi) is 4.05. The molecule has 3 aromatic rings. The molecule has 1 aliphatic heterocycles. The Hall–Kier alpha value is -2.60. The number of aromatic nitrogens is 3. The zero-order chi connectivity index (χ0) is 17.4. The Labute approximate surface area is 148 Å². The molecule has 6 nitrogen and oxygen atoms in total. The fourth-order valence-corrected chi connectivity index (χ4v) is 3.43. The molecule has 25 heavy (non-hydrogen) atoms. The maximum Gasteiger partial charge on any atom is 0.180 e. The van der Waals surface area contributed by atoms with Crippen LogP contribution in [0.25, 0.3) is 16.9 Å². The summed E-state index contributed by atoms with van der Waals surface area (Å²) in [5, 5.41) is 0. The first-order valence-electron chi connectivity index (χ1n) is 8.67. The lowest BCUT2D eigenvalue weighted by Crippen LogP contribution is -2.45. The lowest BCUT2D eigenvalue weighted by molar-refractivity contribution is 0.312. The predicted molar refractivity (Wildman–Crippen MR) is 102 cm³/mol. The normalized spacial score (nSPS) is 15.7. The zero-order valence-corrected chi connectivity index (χ0v) is 15.1. The lowest BCUT2D eigenvalue weighted by Gasteiger charge is -2.33. The van der Waals surface area contributed by atoms with Crippen molar-refractivity contribution in [1.82, 2.24) is 19.3 Å². The average Bonchev–Trinajstić information content (AvgIpc) is 3.11. The van der Waals surface area contributed by atoms with Crippen LogP contribution < -0.4 is 9.80 Å². The Morgan fingerprint density at radius 2 is 1.76 bits per heavy atom. The van der Waals surface area contributed by atoms with Gasteiger partial charge in [-0.1, -0.05) is 18.2 Å². The van der Waals surface area contributed by atoms with Gasteiger partial charge in [-0.2, -0.15) is 0 Å². The predicted octanol–water partition coefficient (Wildman–Crippen LogP) is 2.21. The van der Waals surface area contributed by atoms with E-state index in [1.165, 1.54) is 5.69 Å². The van der Waals surface area contributed by atoms with Crippen molar-refractivity contribution in [2.75, 3.05) is 57.1 Å². The third kappa shape index (κ3) is 2.82. The molecule has 0 amide bonds. The molecular weight excluding hydrogens is 312 g/mol. The largest absolute Gasteiger partial charge is 0.377 e. The minimum atomic E-state index is 0.926. The van der Waals surface area contributed by atoms with Gasteiger partial charge in [-0.25, -0.2) is 9.97 Å². The molecule has 1 aromatic carbocycles. The second kappa shape index (κ2) is 6.37. The monoisotopic (exact) mass is 336 g/mol. The number of benzene rings is 1. The number of imidazole rings is 1. The summed E-state index contributed by atoms with van der Waals surface area (Å²) in [6.45, 7) is 4.08. The molecule has 4 rings (SSSR count). The summed E-state index contributed by atoms with van der Waals surface area (Å²) in [6.07, 6.45) is 5.86. The van der Waals surface area contributed by atoms with Crippen molar-refractivity contribution in [1.29, 1.82) is 0 Å². The number of piperazine rings is 1. The van der Waals surface area contributed by atoms with Crippen LogP contribution in [0.1, 0.15) is 0 Å². The van der Waals surface area contributed by atoms with Gasteiger partial charge in [0.05, 0.1) is 11.9 Å². The molecule has 0 aliphatic carbocycles. The molecule has 3 heterocycles. The standard InChI is InChI=1S/C19H24N6/c1-22(2)16-7-5-4-6-15(16)17-14-21-18(19-20-8-9-25(17)19)24-12-10-23(3)11-13-24/h4-9,14H,10-13H2,1-3H3. The van der Waals surface area contributed by atoms with E-state index in [0.717, 1.165) is 48.9 Å². The summed E-state index contributed by atoms with van der Waals surface area (Å²) in [4.78, 5) is 16.2. The molecule has 0 bridgehead atoms. The fraction of sp³-hybridized carbons (Fsp3) is 0.368. The SMILES string of the molecule is CN1CCN(c2ncc(-c3ccccc3N(C)C)n3ccnc23)CC1. The van der Waals surface area contributed by atoms with Crippen molar-refractivity contribution in [2.45, 2.75) is 0 Å². The van der Waals surface area contributed by atoms with Gasteiger partial charge in [0.15, 0.2) is 11.5 Å². The number of fused-ring (bicyclic) bond motifs is 1. The number of rotatable bonds is 3. The molecule has 0 spiro atoms. The number of hydrogen-bond acceptors (Lipinski definition) is 5. The molecular formula is C19H24N6. The van der Waals surface area contributed by atoms with E-state index in [2.05, 4.69) is 69.5 Å². The zero-order valence-electron chi connectivity index (χ0n) is 15.1. The Bertz CT molecular complexity index is 877. The highest BCUT2D eigenvalue weighted by molar-refractivity contribution is 5.79. The molecule has 1 fully saturated rings. The molecule has 0 unspecified atom stereocenters. The summed E-state index contributed by atoms with van der Waals surface area (Å²) in [5.74, 6) is 0.976. The highest BCUT2D eigenvalue weighted by atomic mass is 15.3. The van der Waals surface area contributed by atoms with Crippen molar-refractivity contribution in [3.63, 3.8) is 0 Å². The molecule has 130 valence electrons. The first-order chi connectivity index (χ1) is 12.1. The molecule has 0 radical (unpaired) electrons. The van der Waals surface area contributed by atoms with Gasteiger partial charge >= 0.3 is 0 Å². The maximum atomic E-state index is 4.81. The first-order valence-corrected chi connectivity index (χ1v) is 8.67. The summed E-state index contributed by atoms with van der Waals surface area (Å²) >= 11 is 0. The van der Waals surface area contributed by atoms with Crippen molar-refractivity contribution < 1.29 is 0 Å². The van der Waals surface area contributed by atoms with E-state index in [1.54, 1.807) is 0 Å². The van der Waals surface area contributed by atoms with Gasteiger partial charge in [0, 0.05) is 63.9 Å². The fourth-order valence-electron chi connectivity index (χ4n) is 3.43. The van der Waals surface area contributed by atoms with E-state index in [9.17, 15) is 0 Å². The van der Waals surface area contributed by atoms with Crippen LogP contribution in [0.15, 0.2) is 42.9 Å². The smallest absolute Gasteiger partial charge is 0.180 e. The van der Waals surface area contributed by atoms with Crippen molar-refractivity contribution in [2.24, 2.45) is 0 Å². The lowest BCUT2D eigenvalue weighted by atomic mass is 10.1. The van der Waals surface area contributed by atoms with Crippen LogP contribution in [0.2, 0.25) is 0 Å². The van der Waals surface area contributed by atoms with Crippen molar-refractivity contribution >= 4 is 17.2 Å². The number of para-hydroxylation sites is 1. The molecule has 0 atom stereocenters. The molecule has 1 saturated heterocycles. The number of anilines is 2. The van der Waals surface area contributed by atoms with Crippen LogP contribution in [0.5, 0.6) is 0 Å². The second-order valence-corrected chi connectivity index (χ2v) is 6.79. The highest BCUT2D eigenvalue weighted by Gasteiger charge is 2.20. The van der Waals surface area contributed by atoms with Crippen LogP contribution in [0.4, 0.5) is 11.5 Å². The van der Waals surface area contributed by atoms with E-state index in [1.807, 2.05) is 18.6 Å². The number of nitrogens with zero attached hydrogens (tertiary/aromatic N) is 6. The molecule has 0 saturated carbocycles. The third-order valence-electron chi connectivity index (χ3n) is 4.87. The molecule has 0 N–H and O–H groups in total. The van der Waals surface area contributed by atoms with Gasteiger partial charge in [-0.05, 0) is 13.1 Å². The van der Waals surface area contributed by atoms with Crippen molar-refractivity contribution in [3.8, 4) is 11.3 Å². The van der Waals surface area contributed by atoms with Crippen LogP contribution >= 0.6 is 0 Å². The van der Waals surface area contributed by atoms with Crippen LogP contribution in [0, 0.1) is 0 Å².